The largest absolute Gasteiger partial charge is 0.475 e. The summed E-state index contributed by atoms with van der Waals surface area (Å²) < 4.78 is 73.9. The molecule has 0 radical (unpaired) electrons. The Morgan fingerprint density at radius 3 is 2.58 bits per heavy atom. The number of aliphatic hydroxyl groups is 2. The molecule has 3 aromatic rings. The average Bonchev–Trinajstić information content (AvgIpc) is 2.86. The van der Waals surface area contributed by atoms with Crippen LogP contribution in [-0.2, 0) is 12.1 Å². The molecule has 0 spiro atoms. The number of urea groups is 1. The number of halogens is 5. The number of benzene rings is 1. The monoisotopic (exact) mass is 558 g/mol. The zero-order valence-electron chi connectivity index (χ0n) is 19.5. The number of nitrogens with one attached hydrogen (secondary N) is 1. The van der Waals surface area contributed by atoms with Crippen LogP contribution < -0.4 is 15.0 Å². The van der Waals surface area contributed by atoms with Crippen LogP contribution in [0.2, 0.25) is 0 Å². The highest BCUT2D eigenvalue weighted by Crippen LogP contribution is 2.43. The van der Waals surface area contributed by atoms with Crippen molar-refractivity contribution in [3.63, 3.8) is 0 Å². The number of carbonyl (C=O) groups is 1. The standard InChI is InChI=1S/C24H21F5N4O4.H2S/c25-23(26)9-10-33(22(36)32-19-5-2-6-20(31-19)37-13-16(35)12-34)21-17(23)7-8-18(30-21)14-3-1-4-15(11-14)24(27,28)29;/h1-8,11,16,34-35H,9-10,12-13H2,(H,31,32,36);1H2/t16-;/m0./s1. The number of alkyl halides is 5. The van der Waals surface area contributed by atoms with Gasteiger partial charge >= 0.3 is 12.2 Å². The van der Waals surface area contributed by atoms with Gasteiger partial charge < -0.3 is 14.9 Å². The predicted octanol–water partition coefficient (Wildman–Crippen LogP) is 4.54. The third-order valence-electron chi connectivity index (χ3n) is 5.50. The quantitative estimate of drug-likeness (QED) is 0.384. The maximum absolute atomic E-state index is 14.6. The number of anilines is 2. The maximum atomic E-state index is 14.6. The van der Waals surface area contributed by atoms with E-state index in [1.54, 1.807) is 0 Å². The molecule has 0 unspecified atom stereocenters. The van der Waals surface area contributed by atoms with Crippen LogP contribution >= 0.6 is 13.5 Å². The van der Waals surface area contributed by atoms with Gasteiger partial charge in [-0.2, -0.15) is 31.7 Å². The van der Waals surface area contributed by atoms with Gasteiger partial charge in [-0.25, -0.2) is 18.6 Å². The Hall–Kier alpha value is -3.49. The van der Waals surface area contributed by atoms with Crippen molar-refractivity contribution in [2.75, 3.05) is 30.0 Å². The Balaban J connectivity index is 0.00000400. The van der Waals surface area contributed by atoms with E-state index in [9.17, 15) is 31.9 Å². The van der Waals surface area contributed by atoms with Gasteiger partial charge in [0.2, 0.25) is 5.88 Å². The summed E-state index contributed by atoms with van der Waals surface area (Å²) in [5.74, 6) is -3.65. The van der Waals surface area contributed by atoms with Crippen molar-refractivity contribution in [3.8, 4) is 17.1 Å². The summed E-state index contributed by atoms with van der Waals surface area (Å²) >= 11 is 0. The fraction of sp³-hybridized carbons (Fsp3) is 0.292. The van der Waals surface area contributed by atoms with Gasteiger partial charge in [0.1, 0.15) is 24.3 Å². The molecule has 0 aliphatic carbocycles. The second-order valence-corrected chi connectivity index (χ2v) is 8.19. The van der Waals surface area contributed by atoms with E-state index >= 15 is 0 Å². The molecule has 38 heavy (non-hydrogen) atoms. The first-order valence-corrected chi connectivity index (χ1v) is 11.0. The molecule has 1 aliphatic heterocycles. The van der Waals surface area contributed by atoms with Crippen molar-refractivity contribution >= 4 is 31.2 Å². The summed E-state index contributed by atoms with van der Waals surface area (Å²) in [6, 6.07) is 10.0. The van der Waals surface area contributed by atoms with E-state index in [-0.39, 0.29) is 48.9 Å². The van der Waals surface area contributed by atoms with Gasteiger partial charge in [0, 0.05) is 24.6 Å². The van der Waals surface area contributed by atoms with Crippen LogP contribution in [0.3, 0.4) is 0 Å². The lowest BCUT2D eigenvalue weighted by atomic mass is 9.99. The van der Waals surface area contributed by atoms with Crippen LogP contribution in [0.1, 0.15) is 17.5 Å². The highest BCUT2D eigenvalue weighted by atomic mass is 32.1. The molecule has 14 heteroatoms. The lowest BCUT2D eigenvalue weighted by molar-refractivity contribution is -0.137. The molecule has 0 saturated carbocycles. The summed E-state index contributed by atoms with van der Waals surface area (Å²) in [7, 11) is 0. The Bertz CT molecular complexity index is 1290. The first-order chi connectivity index (χ1) is 17.5. The van der Waals surface area contributed by atoms with Crippen LogP contribution in [-0.4, -0.2) is 52.1 Å². The van der Waals surface area contributed by atoms with E-state index in [0.29, 0.717) is 0 Å². The predicted molar refractivity (Wildman–Crippen MR) is 133 cm³/mol. The molecule has 204 valence electrons. The van der Waals surface area contributed by atoms with Crippen molar-refractivity contribution in [2.24, 2.45) is 0 Å². The average molecular weight is 559 g/mol. The second kappa shape index (κ2) is 11.5. The number of fused-ring (bicyclic) bond motifs is 1. The first kappa shape index (κ1) is 29.1. The highest BCUT2D eigenvalue weighted by Gasteiger charge is 2.42. The van der Waals surface area contributed by atoms with Crippen molar-refractivity contribution in [2.45, 2.75) is 24.6 Å². The van der Waals surface area contributed by atoms with E-state index in [1.165, 1.54) is 36.4 Å². The first-order valence-electron chi connectivity index (χ1n) is 11.0. The number of hydrogen-bond donors (Lipinski definition) is 3. The van der Waals surface area contributed by atoms with Crippen LogP contribution in [0.15, 0.2) is 54.6 Å². The van der Waals surface area contributed by atoms with Crippen molar-refractivity contribution in [3.05, 3.63) is 65.7 Å². The third-order valence-corrected chi connectivity index (χ3v) is 5.50. The molecule has 8 nitrogen and oxygen atoms in total. The van der Waals surface area contributed by atoms with E-state index < -0.39 is 54.9 Å². The Morgan fingerprint density at radius 1 is 1.13 bits per heavy atom. The smallest absolute Gasteiger partial charge is 0.416 e. The van der Waals surface area contributed by atoms with Crippen LogP contribution in [0.25, 0.3) is 11.3 Å². The molecule has 2 aromatic heterocycles. The normalized spacial score (nSPS) is 15.2. The molecule has 1 aliphatic rings. The lowest BCUT2D eigenvalue weighted by Crippen LogP contribution is -2.43. The zero-order chi connectivity index (χ0) is 26.8. The van der Waals surface area contributed by atoms with Crippen molar-refractivity contribution < 1.29 is 41.7 Å². The van der Waals surface area contributed by atoms with Crippen LogP contribution in [0.4, 0.5) is 38.4 Å². The van der Waals surface area contributed by atoms with Crippen molar-refractivity contribution in [1.82, 2.24) is 9.97 Å². The molecule has 3 heterocycles. The van der Waals surface area contributed by atoms with Crippen molar-refractivity contribution in [1.29, 1.82) is 0 Å². The number of nitrogens with zero attached hydrogens (tertiary/aromatic N) is 3. The SMILES string of the molecule is O=C(Nc1cccc(OC[C@@H](O)CO)n1)N1CCC(F)(F)c2ccc(-c3cccc(C(F)(F)F)c3)nc21.S. The number of amides is 2. The van der Waals surface area contributed by atoms with Gasteiger partial charge in [-0.15, -0.1) is 0 Å². The second-order valence-electron chi connectivity index (χ2n) is 8.19. The number of carbonyl (C=O) groups excluding carboxylic acids is 1. The topological polar surface area (TPSA) is 108 Å². The highest BCUT2D eigenvalue weighted by molar-refractivity contribution is 7.59. The van der Waals surface area contributed by atoms with Gasteiger partial charge in [0.25, 0.3) is 5.92 Å². The van der Waals surface area contributed by atoms with E-state index in [2.05, 4.69) is 15.3 Å². The van der Waals surface area contributed by atoms with E-state index in [4.69, 9.17) is 9.84 Å². The minimum atomic E-state index is -4.61. The van der Waals surface area contributed by atoms with Crippen LogP contribution in [0.5, 0.6) is 5.88 Å². The minimum Gasteiger partial charge on any atom is -0.475 e. The van der Waals surface area contributed by atoms with Gasteiger partial charge in [-0.05, 0) is 30.3 Å². The summed E-state index contributed by atoms with van der Waals surface area (Å²) in [6.45, 7) is -1.19. The fourth-order valence-corrected chi connectivity index (χ4v) is 3.62. The summed E-state index contributed by atoms with van der Waals surface area (Å²) in [5, 5.41) is 20.7. The number of ether oxygens (including phenoxy) is 1. The molecule has 0 saturated heterocycles. The molecule has 3 N–H and O–H groups in total. The Morgan fingerprint density at radius 2 is 1.87 bits per heavy atom. The molecular weight excluding hydrogens is 535 g/mol. The number of aliphatic hydroxyl groups excluding tert-OH is 2. The zero-order valence-corrected chi connectivity index (χ0v) is 20.5. The molecule has 1 aromatic carbocycles. The van der Waals surface area contributed by atoms with Gasteiger partial charge in [-0.3, -0.25) is 10.2 Å². The minimum absolute atomic E-state index is 0. The molecule has 4 rings (SSSR count). The summed E-state index contributed by atoms with van der Waals surface area (Å²) in [5.41, 5.74) is -1.43. The Labute approximate surface area is 220 Å². The summed E-state index contributed by atoms with van der Waals surface area (Å²) in [6.07, 6.45) is -6.43. The number of pyridine rings is 2. The summed E-state index contributed by atoms with van der Waals surface area (Å²) in [4.78, 5) is 22.2. The molecule has 2 amide bonds. The van der Waals surface area contributed by atoms with E-state index in [0.717, 1.165) is 23.1 Å². The third kappa shape index (κ3) is 6.49. The van der Waals surface area contributed by atoms with Gasteiger partial charge in [0.15, 0.2) is 0 Å². The van der Waals surface area contributed by atoms with Gasteiger partial charge in [0.05, 0.1) is 23.4 Å². The molecular formula is C24H23F5N4O4S. The van der Waals surface area contributed by atoms with Gasteiger partial charge in [-0.1, -0.05) is 18.2 Å². The number of hydrogen-bond acceptors (Lipinski definition) is 6. The molecule has 0 bridgehead atoms. The fourth-order valence-electron chi connectivity index (χ4n) is 3.62. The molecule has 1 atom stereocenters. The van der Waals surface area contributed by atoms with E-state index in [1.807, 2.05) is 0 Å². The van der Waals surface area contributed by atoms with Crippen LogP contribution in [0, 0.1) is 0 Å². The number of aromatic nitrogens is 2. The maximum Gasteiger partial charge on any atom is 0.416 e. The molecule has 0 fully saturated rings. The Kier molecular flexibility index (Phi) is 8.79. The lowest BCUT2D eigenvalue weighted by Gasteiger charge is -2.33. The number of rotatable bonds is 6.